The molecule has 0 aliphatic carbocycles. The van der Waals surface area contributed by atoms with E-state index in [0.717, 1.165) is 10.2 Å². The van der Waals surface area contributed by atoms with Gasteiger partial charge in [0, 0.05) is 11.0 Å². The fourth-order valence-electron chi connectivity index (χ4n) is 1.09. The lowest BCUT2D eigenvalue weighted by molar-refractivity contribution is 1.15. The van der Waals surface area contributed by atoms with Gasteiger partial charge in [0.2, 0.25) is 0 Å². The molecule has 54 valence electrons. The minimum Gasteiger partial charge on any atom is -0.264 e. The number of aromatic nitrogens is 1. The normalized spacial score (nSPS) is 10.3. The van der Waals surface area contributed by atoms with Crippen LogP contribution in [0, 0.1) is 20.8 Å². The topological polar surface area (TPSA) is 12.9 Å². The third-order valence-corrected chi connectivity index (χ3v) is 2.42. The van der Waals surface area contributed by atoms with Crippen molar-refractivity contribution in [3.63, 3.8) is 0 Å². The van der Waals surface area contributed by atoms with Crippen LogP contribution in [0.15, 0.2) is 6.07 Å². The monoisotopic (exact) mass is 151 g/mol. The van der Waals surface area contributed by atoms with E-state index >= 15 is 0 Å². The van der Waals surface area contributed by atoms with Crippen LogP contribution < -0.4 is 5.32 Å². The molecular weight excluding hydrogens is 138 g/mol. The highest BCUT2D eigenvalue weighted by atomic mass is 28.1. The summed E-state index contributed by atoms with van der Waals surface area (Å²) in [5.41, 5.74) is 3.89. The Morgan fingerprint density at radius 3 is 2.40 bits per heavy atom. The van der Waals surface area contributed by atoms with Gasteiger partial charge in [0.15, 0.2) is 0 Å². The highest BCUT2D eigenvalue weighted by molar-refractivity contribution is 6.30. The van der Waals surface area contributed by atoms with Crippen molar-refractivity contribution in [3.05, 3.63) is 22.9 Å². The fraction of sp³-hybridized carbons (Fsp3) is 0.375. The van der Waals surface area contributed by atoms with Crippen molar-refractivity contribution < 1.29 is 0 Å². The van der Waals surface area contributed by atoms with Gasteiger partial charge in [-0.15, -0.1) is 0 Å². The molecule has 0 bridgehead atoms. The third-order valence-electron chi connectivity index (χ3n) is 1.90. The maximum absolute atomic E-state index is 4.40. The molecule has 0 aromatic carbocycles. The van der Waals surface area contributed by atoms with E-state index in [1.807, 2.05) is 0 Å². The van der Waals surface area contributed by atoms with Gasteiger partial charge in [0.1, 0.15) is 0 Å². The van der Waals surface area contributed by atoms with Crippen LogP contribution in [-0.2, 0) is 0 Å². The molecule has 1 aromatic heterocycles. The lowest BCUT2D eigenvalue weighted by Crippen LogP contribution is -2.11. The Hall–Kier alpha value is -0.633. The number of pyridine rings is 1. The van der Waals surface area contributed by atoms with E-state index in [0.29, 0.717) is 0 Å². The molecule has 1 rings (SSSR count). The van der Waals surface area contributed by atoms with Crippen LogP contribution in [0.3, 0.4) is 0 Å². The predicted molar refractivity (Wildman–Crippen MR) is 48.0 cm³/mol. The average molecular weight is 151 g/mol. The summed E-state index contributed by atoms with van der Waals surface area (Å²) in [6, 6.07) is 2.18. The molecule has 1 nitrogen and oxygen atoms in total. The van der Waals surface area contributed by atoms with Gasteiger partial charge in [-0.05, 0) is 38.0 Å². The van der Waals surface area contributed by atoms with Crippen LogP contribution in [0.5, 0.6) is 0 Å². The number of hydrogen-bond donors (Lipinski definition) is 0. The first-order valence-electron chi connectivity index (χ1n) is 3.52. The zero-order chi connectivity index (χ0) is 7.72. The van der Waals surface area contributed by atoms with Crippen LogP contribution in [0.1, 0.15) is 16.8 Å². The van der Waals surface area contributed by atoms with Crippen molar-refractivity contribution in [2.24, 2.45) is 0 Å². The number of aryl methyl sites for hydroxylation is 2. The third kappa shape index (κ3) is 1.26. The summed E-state index contributed by atoms with van der Waals surface area (Å²) in [4.78, 5) is 4.40. The van der Waals surface area contributed by atoms with Crippen molar-refractivity contribution in [1.29, 1.82) is 0 Å². The minimum absolute atomic E-state index is 1.06. The number of nitrogens with zero attached hydrogens (tertiary/aromatic N) is 1. The van der Waals surface area contributed by atoms with E-state index in [1.165, 1.54) is 22.1 Å². The molecule has 0 amide bonds. The van der Waals surface area contributed by atoms with E-state index in [9.17, 15) is 0 Å². The summed E-state index contributed by atoms with van der Waals surface area (Å²) >= 11 is 0. The summed E-state index contributed by atoms with van der Waals surface area (Å²) in [6.45, 7) is 6.34. The number of rotatable bonds is 0. The van der Waals surface area contributed by atoms with E-state index in [-0.39, 0.29) is 0 Å². The van der Waals surface area contributed by atoms with E-state index in [1.54, 1.807) is 0 Å². The summed E-state index contributed by atoms with van der Waals surface area (Å²) in [6.07, 6.45) is 0. The summed E-state index contributed by atoms with van der Waals surface area (Å²) in [5, 5.41) is 1.25. The van der Waals surface area contributed by atoms with Gasteiger partial charge in [-0.3, -0.25) is 4.98 Å². The Morgan fingerprint density at radius 1 is 1.30 bits per heavy atom. The zero-order valence-electron chi connectivity index (χ0n) is 7.02. The van der Waals surface area contributed by atoms with Gasteiger partial charge in [-0.2, -0.15) is 0 Å². The summed E-state index contributed by atoms with van der Waals surface area (Å²) < 4.78 is 0. The summed E-state index contributed by atoms with van der Waals surface area (Å²) in [5.74, 6) is 0. The van der Waals surface area contributed by atoms with Crippen molar-refractivity contribution in [2.75, 3.05) is 0 Å². The molecule has 0 aliphatic rings. The highest BCUT2D eigenvalue weighted by Crippen LogP contribution is 2.05. The van der Waals surface area contributed by atoms with Gasteiger partial charge in [-0.1, -0.05) is 0 Å². The van der Waals surface area contributed by atoms with Gasteiger partial charge in [-0.25, -0.2) is 0 Å². The molecule has 0 saturated carbocycles. The second-order valence-corrected chi connectivity index (χ2v) is 3.82. The Bertz CT molecular complexity index is 232. The second-order valence-electron chi connectivity index (χ2n) is 2.79. The molecule has 0 radical (unpaired) electrons. The first-order valence-corrected chi connectivity index (χ1v) is 4.52. The fourth-order valence-corrected chi connectivity index (χ4v) is 1.86. The molecule has 0 fully saturated rings. The molecule has 0 spiro atoms. The maximum Gasteiger partial charge on any atom is 0.0623 e. The standard InChI is InChI=1S/C8H13NSi/c1-5-4-8(10)9-7(3)6(5)2/h4H,1-3,10H3. The molecule has 0 unspecified atom stereocenters. The molecule has 10 heavy (non-hydrogen) atoms. The van der Waals surface area contributed by atoms with Gasteiger partial charge < -0.3 is 0 Å². The second kappa shape index (κ2) is 2.54. The van der Waals surface area contributed by atoms with Crippen molar-refractivity contribution in [3.8, 4) is 0 Å². The Morgan fingerprint density at radius 2 is 1.90 bits per heavy atom. The van der Waals surface area contributed by atoms with E-state index in [2.05, 4.69) is 31.8 Å². The van der Waals surface area contributed by atoms with Crippen LogP contribution in [0.2, 0.25) is 0 Å². The molecule has 0 aliphatic heterocycles. The average Bonchev–Trinajstić information content (AvgIpc) is 1.82. The van der Waals surface area contributed by atoms with Crippen LogP contribution >= 0.6 is 0 Å². The molecule has 0 N–H and O–H groups in total. The Kier molecular flexibility index (Phi) is 1.90. The predicted octanol–water partition coefficient (Wildman–Crippen LogP) is -0.00244. The van der Waals surface area contributed by atoms with E-state index < -0.39 is 0 Å². The lowest BCUT2D eigenvalue weighted by atomic mass is 10.1. The zero-order valence-corrected chi connectivity index (χ0v) is 9.02. The maximum atomic E-state index is 4.40. The van der Waals surface area contributed by atoms with Crippen molar-refractivity contribution in [1.82, 2.24) is 4.98 Å². The van der Waals surface area contributed by atoms with Gasteiger partial charge in [0.25, 0.3) is 0 Å². The molecule has 0 saturated heterocycles. The molecule has 0 atom stereocenters. The quantitative estimate of drug-likeness (QED) is 0.476. The minimum atomic E-state index is 1.06. The van der Waals surface area contributed by atoms with Crippen LogP contribution in [0.25, 0.3) is 0 Å². The molecule has 1 heterocycles. The molecule has 1 aromatic rings. The van der Waals surface area contributed by atoms with Crippen molar-refractivity contribution in [2.45, 2.75) is 20.8 Å². The smallest absolute Gasteiger partial charge is 0.0623 e. The Labute approximate surface area is 64.9 Å². The first-order chi connectivity index (χ1) is 4.61. The van der Waals surface area contributed by atoms with Crippen LogP contribution in [-0.4, -0.2) is 15.2 Å². The first kappa shape index (κ1) is 7.47. The molecule has 2 heteroatoms. The summed E-state index contributed by atoms with van der Waals surface area (Å²) in [7, 11) is 1.06. The van der Waals surface area contributed by atoms with Gasteiger partial charge in [0.05, 0.1) is 10.2 Å². The van der Waals surface area contributed by atoms with Gasteiger partial charge >= 0.3 is 0 Å². The highest BCUT2D eigenvalue weighted by Gasteiger charge is 1.97. The van der Waals surface area contributed by atoms with E-state index in [4.69, 9.17) is 0 Å². The lowest BCUT2D eigenvalue weighted by Gasteiger charge is -2.03. The van der Waals surface area contributed by atoms with Crippen LogP contribution in [0.4, 0.5) is 0 Å². The Balaban J connectivity index is 3.31. The van der Waals surface area contributed by atoms with Crippen molar-refractivity contribution >= 4 is 15.6 Å². The number of hydrogen-bond acceptors (Lipinski definition) is 1. The SMILES string of the molecule is Cc1cc([SiH3])nc(C)c1C. The largest absolute Gasteiger partial charge is 0.264 e. The molecular formula is C8H13NSi.